The molecule has 0 saturated carbocycles. The monoisotopic (exact) mass is 1560 g/mol. The predicted octanol–water partition coefficient (Wildman–Crippen LogP) is 22.0. The molecule has 8 nitrogen and oxygen atoms in total. The van der Waals surface area contributed by atoms with Crippen molar-refractivity contribution in [3.8, 4) is 0 Å². The van der Waals surface area contributed by atoms with Gasteiger partial charge in [0.25, 0.3) is 0 Å². The molecule has 0 aromatic heterocycles. The summed E-state index contributed by atoms with van der Waals surface area (Å²) in [4.78, 5) is 44.9. The van der Waals surface area contributed by atoms with Gasteiger partial charge in [-0.15, -0.1) is 23.0 Å². The quantitative estimate of drug-likeness (QED) is 0.0145. The fourth-order valence-electron chi connectivity index (χ4n) is 8.89. The Morgan fingerprint density at radius 2 is 0.382 bits per heavy atom. The number of hydrogen-bond donors (Lipinski definition) is 0. The summed E-state index contributed by atoms with van der Waals surface area (Å²) in [5, 5.41) is 0. The summed E-state index contributed by atoms with van der Waals surface area (Å²) in [7, 11) is 0. The van der Waals surface area contributed by atoms with Crippen LogP contribution < -0.4 is 0 Å². The number of carbonyl (C=O) groups excluding carboxylic acids is 4. The Labute approximate surface area is 617 Å². The van der Waals surface area contributed by atoms with Gasteiger partial charge < -0.3 is 69.5 Å². The van der Waals surface area contributed by atoms with Gasteiger partial charge in [-0.2, -0.15) is 13.5 Å². The smallest absolute Gasteiger partial charge is 0.789 e. The molecule has 0 aliphatic rings. The number of rotatable bonds is 60. The summed E-state index contributed by atoms with van der Waals surface area (Å²) in [6, 6.07) is 0. The maximum Gasteiger partial charge on any atom is 2.00 e. The van der Waals surface area contributed by atoms with Gasteiger partial charge in [-0.05, 0) is 103 Å². The SMILES string of the molecule is C.C.CCC/C=C/CCCCCCCCCCC(=O)OCC[S-].CCC/C=C/CCCCCCCCCCC(=O)OCC[S-].CCC/C=C/CCCCCCCCCCC(=O)OCC[S-].CCC/C=C/CCCCCCCCCCC(=O)OCC[S-].S.[Sn+2].[Sn+2]. The second-order valence-electron chi connectivity index (χ2n) is 22.2. The number of hydrogen-bond acceptors (Lipinski definition) is 12. The molecular formula is C74H142O8S5Sn2. The van der Waals surface area contributed by atoms with Gasteiger partial charge >= 0.3 is 71.7 Å². The van der Waals surface area contributed by atoms with E-state index in [2.05, 4.69) is 76.3 Å². The average Bonchev–Trinajstić information content (AvgIpc) is 3.50. The van der Waals surface area contributed by atoms with Gasteiger partial charge in [0.2, 0.25) is 0 Å². The van der Waals surface area contributed by atoms with Crippen LogP contribution in [0.5, 0.6) is 0 Å². The fraction of sp³-hybridized carbons (Fsp3) is 0.838. The molecule has 0 rings (SSSR count). The van der Waals surface area contributed by atoms with E-state index in [1.165, 1.54) is 231 Å². The first-order chi connectivity index (χ1) is 41.2. The van der Waals surface area contributed by atoms with Crippen molar-refractivity contribution in [2.45, 2.75) is 351 Å². The second kappa shape index (κ2) is 104. The molecule has 0 aromatic rings. The molecule has 89 heavy (non-hydrogen) atoms. The predicted molar refractivity (Wildman–Crippen MR) is 409 cm³/mol. The van der Waals surface area contributed by atoms with Crippen molar-refractivity contribution in [1.82, 2.24) is 0 Å². The summed E-state index contributed by atoms with van der Waals surface area (Å²) in [6.07, 6.45) is 75.6. The molecule has 4 radical (unpaired) electrons. The molecule has 0 N–H and O–H groups in total. The van der Waals surface area contributed by atoms with Crippen molar-refractivity contribution in [3.63, 3.8) is 0 Å². The summed E-state index contributed by atoms with van der Waals surface area (Å²) in [6.45, 7) is 10.4. The van der Waals surface area contributed by atoms with Gasteiger partial charge in [-0.3, -0.25) is 19.2 Å². The van der Waals surface area contributed by atoms with Crippen LogP contribution in [0.25, 0.3) is 0 Å². The van der Waals surface area contributed by atoms with E-state index in [1.54, 1.807) is 0 Å². The van der Waals surface area contributed by atoms with Crippen LogP contribution in [0, 0.1) is 0 Å². The Balaban J connectivity index is -0.000000134. The standard InChI is InChI=1S/4C18H34O2S.2CH4.H2S.2Sn/c4*1-2-3-4-5-6-7-8-9-10-11-12-13-14-15-18(19)20-16-17-21;;;;;/h4*4-5,21H,2-3,6-17H2,1H3;2*1H4;1H2;;/q;;;;;;;2*+2/p-4/b4*5-4+;;;;;. The number of esters is 4. The number of ether oxygens (including phenoxy) is 4. The zero-order valence-electron chi connectivity index (χ0n) is 56.6. The van der Waals surface area contributed by atoms with E-state index in [-0.39, 0.29) is 100 Å². The maximum absolute atomic E-state index is 11.2. The van der Waals surface area contributed by atoms with Crippen LogP contribution in [-0.4, -0.2) is 121 Å². The Kier molecular flexibility index (Phi) is 126. The van der Waals surface area contributed by atoms with Crippen LogP contribution in [0.2, 0.25) is 0 Å². The third kappa shape index (κ3) is 113. The summed E-state index contributed by atoms with van der Waals surface area (Å²) < 4.78 is 19.8. The summed E-state index contributed by atoms with van der Waals surface area (Å²) in [5.41, 5.74) is 0. The number of carbonyl (C=O) groups is 4. The molecule has 0 atom stereocenters. The van der Waals surface area contributed by atoms with Crippen molar-refractivity contribution >= 4 is 136 Å². The molecule has 0 aromatic carbocycles. The number of unbranched alkanes of at least 4 members (excludes halogenated alkanes) is 36. The topological polar surface area (TPSA) is 105 Å². The first-order valence-corrected chi connectivity index (χ1v) is 37.1. The van der Waals surface area contributed by atoms with Crippen molar-refractivity contribution < 1.29 is 38.1 Å². The molecule has 0 saturated heterocycles. The Bertz CT molecular complexity index is 1230. The molecule has 0 fully saturated rings. The Morgan fingerprint density at radius 1 is 0.247 bits per heavy atom. The van der Waals surface area contributed by atoms with E-state index < -0.39 is 0 Å². The van der Waals surface area contributed by atoms with E-state index in [9.17, 15) is 19.2 Å². The largest absolute Gasteiger partial charge is 2.00 e. The van der Waals surface area contributed by atoms with Gasteiger partial charge in [0.15, 0.2) is 0 Å². The molecule has 0 unspecified atom stereocenters. The molecule has 0 aliphatic carbocycles. The molecule has 524 valence electrons. The Hall–Kier alpha value is 0.187. The molecular weight excluding hydrogens is 1410 g/mol. The molecule has 0 bridgehead atoms. The van der Waals surface area contributed by atoms with E-state index in [0.717, 1.165) is 51.4 Å². The van der Waals surface area contributed by atoms with Crippen LogP contribution in [0.1, 0.15) is 351 Å². The first-order valence-electron chi connectivity index (χ1n) is 34.8. The van der Waals surface area contributed by atoms with Crippen molar-refractivity contribution in [3.05, 3.63) is 48.6 Å². The Morgan fingerprint density at radius 3 is 0.528 bits per heavy atom. The minimum atomic E-state index is -0.0871. The van der Waals surface area contributed by atoms with E-state index in [1.807, 2.05) is 0 Å². The van der Waals surface area contributed by atoms with E-state index in [4.69, 9.17) is 69.5 Å². The van der Waals surface area contributed by atoms with Crippen molar-refractivity contribution in [2.75, 3.05) is 49.4 Å². The van der Waals surface area contributed by atoms with Gasteiger partial charge in [0, 0.05) is 25.7 Å². The van der Waals surface area contributed by atoms with Crippen molar-refractivity contribution in [2.24, 2.45) is 0 Å². The summed E-state index contributed by atoms with van der Waals surface area (Å²) >= 11 is 18.9. The summed E-state index contributed by atoms with van der Waals surface area (Å²) in [5.74, 6) is 1.65. The molecule has 0 heterocycles. The van der Waals surface area contributed by atoms with Crippen LogP contribution in [0.15, 0.2) is 48.6 Å². The maximum atomic E-state index is 11.2. The average molecular weight is 1560 g/mol. The molecule has 15 heteroatoms. The number of allylic oxidation sites excluding steroid dienone is 8. The van der Waals surface area contributed by atoms with Gasteiger partial charge in [-0.25, -0.2) is 0 Å². The van der Waals surface area contributed by atoms with Crippen LogP contribution in [-0.2, 0) is 88.6 Å². The molecule has 0 aliphatic heterocycles. The van der Waals surface area contributed by atoms with Gasteiger partial charge in [0.1, 0.15) is 0 Å². The normalized spacial score (nSPS) is 10.5. The third-order valence-corrected chi connectivity index (χ3v) is 14.5. The molecule has 0 spiro atoms. The fourth-order valence-corrected chi connectivity index (χ4v) is 9.22. The molecule has 0 amide bonds. The first kappa shape index (κ1) is 108. The minimum Gasteiger partial charge on any atom is -0.789 e. The zero-order chi connectivity index (χ0) is 62.4. The minimum absolute atomic E-state index is 0. The van der Waals surface area contributed by atoms with Gasteiger partial charge in [-0.1, -0.05) is 271 Å². The second-order valence-corrected chi connectivity index (χ2v) is 23.8. The van der Waals surface area contributed by atoms with E-state index in [0.29, 0.717) is 75.1 Å². The zero-order valence-corrected chi connectivity index (χ0v) is 66.6. The van der Waals surface area contributed by atoms with Crippen LogP contribution >= 0.6 is 13.5 Å². The van der Waals surface area contributed by atoms with Crippen molar-refractivity contribution in [1.29, 1.82) is 0 Å². The third-order valence-electron chi connectivity index (χ3n) is 13.9. The van der Waals surface area contributed by atoms with Crippen LogP contribution in [0.3, 0.4) is 0 Å². The van der Waals surface area contributed by atoms with Gasteiger partial charge in [0.05, 0.1) is 26.4 Å². The van der Waals surface area contributed by atoms with E-state index >= 15 is 0 Å². The van der Waals surface area contributed by atoms with Crippen LogP contribution in [0.4, 0.5) is 0 Å².